The van der Waals surface area contributed by atoms with Gasteiger partial charge in [0.05, 0.1) is 6.61 Å². The van der Waals surface area contributed by atoms with Gasteiger partial charge in [0.15, 0.2) is 0 Å². The Balaban J connectivity index is 2.28. The van der Waals surface area contributed by atoms with E-state index < -0.39 is 5.54 Å². The first kappa shape index (κ1) is 16.4. The zero-order chi connectivity index (χ0) is 14.3. The zero-order valence-electron chi connectivity index (χ0n) is 12.5. The highest BCUT2D eigenvalue weighted by atomic mass is 16.5. The van der Waals surface area contributed by atoms with Crippen LogP contribution in [0, 0.1) is 5.92 Å². The Bertz CT molecular complexity index is 274. The molecule has 19 heavy (non-hydrogen) atoms. The van der Waals surface area contributed by atoms with Gasteiger partial charge in [0.25, 0.3) is 0 Å². The maximum Gasteiger partial charge on any atom is 0.325 e. The molecule has 1 rings (SSSR count). The lowest BCUT2D eigenvalue weighted by Gasteiger charge is -2.33. The molecule has 1 unspecified atom stereocenters. The van der Waals surface area contributed by atoms with Gasteiger partial charge in [0, 0.05) is 20.3 Å². The molecule has 1 atom stereocenters. The van der Waals surface area contributed by atoms with E-state index in [2.05, 4.69) is 4.90 Å². The minimum absolute atomic E-state index is 0.302. The van der Waals surface area contributed by atoms with Crippen molar-refractivity contribution in [1.82, 2.24) is 4.90 Å². The Morgan fingerprint density at radius 2 is 2.05 bits per heavy atom. The summed E-state index contributed by atoms with van der Waals surface area (Å²) >= 11 is 0. The second-order valence-corrected chi connectivity index (χ2v) is 5.63. The Hall–Kier alpha value is -0.650. The zero-order valence-corrected chi connectivity index (χ0v) is 12.5. The average Bonchev–Trinajstić information content (AvgIpc) is 2.39. The van der Waals surface area contributed by atoms with Crippen LogP contribution in [-0.4, -0.2) is 56.4 Å². The van der Waals surface area contributed by atoms with Crippen molar-refractivity contribution in [2.75, 3.05) is 40.0 Å². The van der Waals surface area contributed by atoms with Crippen molar-refractivity contribution in [3.05, 3.63) is 0 Å². The van der Waals surface area contributed by atoms with Crippen LogP contribution >= 0.6 is 0 Å². The molecule has 112 valence electrons. The van der Waals surface area contributed by atoms with Gasteiger partial charge in [-0.05, 0) is 52.1 Å². The summed E-state index contributed by atoms with van der Waals surface area (Å²) in [7, 11) is 1.76. The van der Waals surface area contributed by atoms with Gasteiger partial charge >= 0.3 is 5.97 Å². The van der Waals surface area contributed by atoms with Crippen LogP contribution in [0.15, 0.2) is 0 Å². The van der Waals surface area contributed by atoms with E-state index in [0.29, 0.717) is 18.9 Å². The van der Waals surface area contributed by atoms with Crippen molar-refractivity contribution in [2.24, 2.45) is 11.7 Å². The molecule has 1 aliphatic rings. The number of piperidine rings is 1. The Kier molecular flexibility index (Phi) is 6.75. The first-order chi connectivity index (χ1) is 8.99. The number of carbonyl (C=O) groups excluding carboxylic acids is 1. The first-order valence-corrected chi connectivity index (χ1v) is 7.17. The van der Waals surface area contributed by atoms with E-state index in [0.717, 1.165) is 39.1 Å². The van der Waals surface area contributed by atoms with E-state index in [1.54, 1.807) is 21.0 Å². The lowest BCUT2D eigenvalue weighted by atomic mass is 9.95. The molecule has 0 saturated carbocycles. The number of ether oxygens (including phenoxy) is 2. The summed E-state index contributed by atoms with van der Waals surface area (Å²) in [5, 5.41) is 0. The molecule has 0 aromatic rings. The predicted molar refractivity (Wildman–Crippen MR) is 74.9 cm³/mol. The van der Waals surface area contributed by atoms with Crippen molar-refractivity contribution in [2.45, 2.75) is 38.6 Å². The summed E-state index contributed by atoms with van der Waals surface area (Å²) in [6.07, 6.45) is 2.96. The molecular weight excluding hydrogens is 244 g/mol. The van der Waals surface area contributed by atoms with Crippen LogP contribution in [0.2, 0.25) is 0 Å². The Labute approximate surface area is 116 Å². The van der Waals surface area contributed by atoms with Crippen molar-refractivity contribution in [1.29, 1.82) is 0 Å². The van der Waals surface area contributed by atoms with Crippen LogP contribution in [0.4, 0.5) is 0 Å². The lowest BCUT2D eigenvalue weighted by Crippen LogP contribution is -2.49. The summed E-state index contributed by atoms with van der Waals surface area (Å²) in [5.74, 6) is 0.375. The highest BCUT2D eigenvalue weighted by molar-refractivity contribution is 5.79. The fourth-order valence-electron chi connectivity index (χ4n) is 2.40. The van der Waals surface area contributed by atoms with Crippen molar-refractivity contribution in [3.8, 4) is 0 Å². The van der Waals surface area contributed by atoms with Crippen LogP contribution in [0.1, 0.15) is 33.1 Å². The fourth-order valence-corrected chi connectivity index (χ4v) is 2.40. The molecule has 0 aromatic heterocycles. The molecule has 5 nitrogen and oxygen atoms in total. The van der Waals surface area contributed by atoms with Gasteiger partial charge in [-0.15, -0.1) is 0 Å². The number of hydrogen-bond donors (Lipinski definition) is 1. The highest BCUT2D eigenvalue weighted by Gasteiger charge is 2.30. The molecule has 1 aliphatic heterocycles. The van der Waals surface area contributed by atoms with Crippen LogP contribution in [0.25, 0.3) is 0 Å². The second-order valence-electron chi connectivity index (χ2n) is 5.63. The highest BCUT2D eigenvalue weighted by Crippen LogP contribution is 2.19. The van der Waals surface area contributed by atoms with Crippen molar-refractivity contribution >= 4 is 5.97 Å². The van der Waals surface area contributed by atoms with Crippen LogP contribution in [0.5, 0.6) is 0 Å². The molecule has 0 amide bonds. The monoisotopic (exact) mass is 272 g/mol. The minimum atomic E-state index is -0.876. The molecule has 1 saturated heterocycles. The number of methoxy groups -OCH3 is 1. The largest absolute Gasteiger partial charge is 0.465 e. The maximum absolute atomic E-state index is 11.7. The number of esters is 1. The van der Waals surface area contributed by atoms with Crippen LogP contribution in [0.3, 0.4) is 0 Å². The molecule has 0 aliphatic carbocycles. The molecule has 1 fully saturated rings. The number of likely N-dealkylation sites (tertiary alicyclic amines) is 1. The third-order valence-electron chi connectivity index (χ3n) is 3.80. The number of nitrogens with zero attached hydrogens (tertiary/aromatic N) is 1. The van der Waals surface area contributed by atoms with E-state index >= 15 is 0 Å². The molecule has 0 spiro atoms. The van der Waals surface area contributed by atoms with Gasteiger partial charge in [0.1, 0.15) is 5.54 Å². The first-order valence-electron chi connectivity index (χ1n) is 7.17. The number of nitrogens with two attached hydrogens (primary N) is 1. The van der Waals surface area contributed by atoms with Crippen LogP contribution in [-0.2, 0) is 14.3 Å². The molecule has 1 heterocycles. The summed E-state index contributed by atoms with van der Waals surface area (Å²) in [4.78, 5) is 14.1. The van der Waals surface area contributed by atoms with Gasteiger partial charge in [0.2, 0.25) is 0 Å². The minimum Gasteiger partial charge on any atom is -0.465 e. The molecule has 2 N–H and O–H groups in total. The smallest absolute Gasteiger partial charge is 0.325 e. The Morgan fingerprint density at radius 1 is 1.42 bits per heavy atom. The van der Waals surface area contributed by atoms with Gasteiger partial charge in [-0.2, -0.15) is 0 Å². The van der Waals surface area contributed by atoms with Gasteiger partial charge in [-0.25, -0.2) is 0 Å². The quantitative estimate of drug-likeness (QED) is 0.701. The number of hydrogen-bond acceptors (Lipinski definition) is 5. The second kappa shape index (κ2) is 7.82. The lowest BCUT2D eigenvalue weighted by molar-refractivity contribution is -0.149. The summed E-state index contributed by atoms with van der Waals surface area (Å²) in [5.41, 5.74) is 5.14. The molecule has 0 aromatic carbocycles. The topological polar surface area (TPSA) is 64.8 Å². The molecule has 0 radical (unpaired) electrons. The van der Waals surface area contributed by atoms with E-state index in [9.17, 15) is 4.79 Å². The third kappa shape index (κ3) is 5.47. The maximum atomic E-state index is 11.7. The Morgan fingerprint density at radius 3 is 2.58 bits per heavy atom. The molecule has 5 heteroatoms. The van der Waals surface area contributed by atoms with E-state index in [1.807, 2.05) is 0 Å². The van der Waals surface area contributed by atoms with Gasteiger partial charge in [-0.3, -0.25) is 4.79 Å². The SMILES string of the molecule is CCOC(=O)C(C)(N)CCN1CCC(COC)CC1. The van der Waals surface area contributed by atoms with Crippen molar-refractivity contribution < 1.29 is 14.3 Å². The van der Waals surface area contributed by atoms with Crippen molar-refractivity contribution in [3.63, 3.8) is 0 Å². The molecule has 0 bridgehead atoms. The van der Waals surface area contributed by atoms with Gasteiger partial charge in [-0.1, -0.05) is 0 Å². The summed E-state index contributed by atoms with van der Waals surface area (Å²) in [6.45, 7) is 7.77. The normalized spacial score (nSPS) is 21.1. The summed E-state index contributed by atoms with van der Waals surface area (Å²) in [6, 6.07) is 0. The molecular formula is C14H28N2O3. The average molecular weight is 272 g/mol. The number of carbonyl (C=O) groups is 1. The van der Waals surface area contributed by atoms with E-state index in [4.69, 9.17) is 15.2 Å². The predicted octanol–water partition coefficient (Wildman–Crippen LogP) is 1.02. The fraction of sp³-hybridized carbons (Fsp3) is 0.929. The third-order valence-corrected chi connectivity index (χ3v) is 3.80. The standard InChI is InChI=1S/C14H28N2O3/c1-4-19-13(17)14(2,15)7-10-16-8-5-12(6-9-16)11-18-3/h12H,4-11,15H2,1-3H3. The summed E-state index contributed by atoms with van der Waals surface area (Å²) < 4.78 is 10.2. The van der Waals surface area contributed by atoms with E-state index in [-0.39, 0.29) is 5.97 Å². The number of rotatable bonds is 7. The van der Waals surface area contributed by atoms with Crippen LogP contribution < -0.4 is 5.73 Å². The van der Waals surface area contributed by atoms with Gasteiger partial charge < -0.3 is 20.1 Å². The van der Waals surface area contributed by atoms with E-state index in [1.165, 1.54) is 0 Å².